The first-order chi connectivity index (χ1) is 10.4. The third-order valence-corrected chi connectivity index (χ3v) is 4.60. The molecule has 0 atom stereocenters. The second-order valence-electron chi connectivity index (χ2n) is 4.33. The number of aliphatic carboxylic acids is 1. The highest BCUT2D eigenvalue weighted by Crippen LogP contribution is 2.34. The number of pyridine rings is 1. The molecule has 1 N–H and O–H groups in total. The van der Waals surface area contributed by atoms with E-state index in [1.165, 1.54) is 30.5 Å². The molecule has 0 spiro atoms. The van der Waals surface area contributed by atoms with E-state index >= 15 is 0 Å². The summed E-state index contributed by atoms with van der Waals surface area (Å²) in [6, 6.07) is 7.60. The molecule has 0 bridgehead atoms. The van der Waals surface area contributed by atoms with E-state index in [0.29, 0.717) is 0 Å². The lowest BCUT2D eigenvalue weighted by atomic mass is 10.3. The van der Waals surface area contributed by atoms with E-state index < -0.39 is 26.7 Å². The van der Waals surface area contributed by atoms with Gasteiger partial charge in [-0.3, -0.25) is 0 Å². The summed E-state index contributed by atoms with van der Waals surface area (Å²) in [4.78, 5) is 14.9. The van der Waals surface area contributed by atoms with Crippen LogP contribution in [0.4, 0.5) is 15.9 Å². The summed E-state index contributed by atoms with van der Waals surface area (Å²) >= 11 is 0. The molecule has 9 heteroatoms. The smallest absolute Gasteiger partial charge is 0.368 e. The van der Waals surface area contributed by atoms with E-state index in [2.05, 4.69) is 10.1 Å². The fourth-order valence-corrected chi connectivity index (χ4v) is 3.23. The zero-order valence-electron chi connectivity index (χ0n) is 10.8. The van der Waals surface area contributed by atoms with Crippen LogP contribution in [0.5, 0.6) is 0 Å². The molecular formula is C13H8FN3O4S. The molecule has 0 saturated carbocycles. The summed E-state index contributed by atoms with van der Waals surface area (Å²) in [5.74, 6) is -2.21. The summed E-state index contributed by atoms with van der Waals surface area (Å²) in [5.41, 5.74) is 0.287. The number of nitrogens with zero attached hydrogens (tertiary/aromatic N) is 3. The Kier molecular flexibility index (Phi) is 3.14. The molecule has 1 aromatic heterocycles. The standard InChI is InChI=1S/C13H8FN3O4S/c14-8-3-5-9(6-4-8)17-11-10(2-1-7-15-11)22(20,21)12(16-17)13(18)19/h1-7H,(H,18,19). The van der Waals surface area contributed by atoms with Crippen molar-refractivity contribution in [2.24, 2.45) is 5.10 Å². The molecule has 0 amide bonds. The summed E-state index contributed by atoms with van der Waals surface area (Å²) in [5, 5.41) is 12.8. The number of carbonyl (C=O) groups is 1. The van der Waals surface area contributed by atoms with Gasteiger partial charge in [-0.05, 0) is 36.4 Å². The molecule has 0 radical (unpaired) electrons. The minimum atomic E-state index is -4.26. The molecule has 0 aliphatic carbocycles. The van der Waals surface area contributed by atoms with Gasteiger partial charge >= 0.3 is 5.97 Å². The largest absolute Gasteiger partial charge is 0.476 e. The minimum absolute atomic E-state index is 0.0425. The van der Waals surface area contributed by atoms with Crippen molar-refractivity contribution in [1.29, 1.82) is 0 Å². The number of hydrazone groups is 1. The Morgan fingerprint density at radius 3 is 2.50 bits per heavy atom. The van der Waals surface area contributed by atoms with Gasteiger partial charge in [-0.25, -0.2) is 27.6 Å². The van der Waals surface area contributed by atoms with E-state index in [0.717, 1.165) is 17.1 Å². The number of benzene rings is 1. The van der Waals surface area contributed by atoms with Crippen LogP contribution in [0.3, 0.4) is 0 Å². The first kappa shape index (κ1) is 14.1. The molecular weight excluding hydrogens is 313 g/mol. The maximum atomic E-state index is 13.0. The van der Waals surface area contributed by atoms with Gasteiger partial charge in [0.15, 0.2) is 5.82 Å². The van der Waals surface area contributed by atoms with Crippen molar-refractivity contribution in [2.75, 3.05) is 5.01 Å². The molecule has 0 fully saturated rings. The zero-order valence-corrected chi connectivity index (χ0v) is 11.7. The van der Waals surface area contributed by atoms with E-state index in [4.69, 9.17) is 5.11 Å². The van der Waals surface area contributed by atoms with Crippen LogP contribution in [0.2, 0.25) is 0 Å². The van der Waals surface area contributed by atoms with Crippen LogP contribution >= 0.6 is 0 Å². The molecule has 22 heavy (non-hydrogen) atoms. The van der Waals surface area contributed by atoms with Gasteiger partial charge < -0.3 is 5.11 Å². The fourth-order valence-electron chi connectivity index (χ4n) is 1.97. The second kappa shape index (κ2) is 4.88. The lowest BCUT2D eigenvalue weighted by molar-refractivity contribution is -0.129. The summed E-state index contributed by atoms with van der Waals surface area (Å²) in [6.07, 6.45) is 1.35. The van der Waals surface area contributed by atoms with Gasteiger partial charge in [0.05, 0.1) is 5.69 Å². The quantitative estimate of drug-likeness (QED) is 0.900. The van der Waals surface area contributed by atoms with Crippen LogP contribution in [-0.2, 0) is 14.6 Å². The number of rotatable bonds is 2. The normalized spacial score (nSPS) is 15.9. The number of fused-ring (bicyclic) bond motifs is 1. The third kappa shape index (κ3) is 2.11. The highest BCUT2D eigenvalue weighted by molar-refractivity contribution is 8.08. The Labute approximate surface area is 124 Å². The van der Waals surface area contributed by atoms with Crippen LogP contribution in [-0.4, -0.2) is 29.5 Å². The van der Waals surface area contributed by atoms with Crippen LogP contribution in [0.15, 0.2) is 52.6 Å². The van der Waals surface area contributed by atoms with E-state index in [1.54, 1.807) is 0 Å². The van der Waals surface area contributed by atoms with Crippen LogP contribution in [0.1, 0.15) is 0 Å². The number of sulfone groups is 1. The van der Waals surface area contributed by atoms with E-state index in [-0.39, 0.29) is 16.4 Å². The lowest BCUT2D eigenvalue weighted by Gasteiger charge is -2.25. The maximum Gasteiger partial charge on any atom is 0.368 e. The molecule has 2 heterocycles. The van der Waals surface area contributed by atoms with Crippen LogP contribution in [0, 0.1) is 5.82 Å². The molecule has 7 nitrogen and oxygen atoms in total. The Morgan fingerprint density at radius 2 is 1.86 bits per heavy atom. The van der Waals surface area contributed by atoms with Gasteiger partial charge in [-0.1, -0.05) is 0 Å². The Bertz CT molecular complexity index is 894. The number of halogens is 1. The van der Waals surface area contributed by atoms with Crippen LogP contribution < -0.4 is 5.01 Å². The van der Waals surface area contributed by atoms with Gasteiger partial charge in [-0.2, -0.15) is 0 Å². The molecule has 2 aromatic rings. The fraction of sp³-hybridized carbons (Fsp3) is 0. The topological polar surface area (TPSA) is 99.9 Å². The number of hydrogen-bond donors (Lipinski definition) is 1. The number of carboxylic acid groups (broad SMARTS) is 1. The first-order valence-electron chi connectivity index (χ1n) is 5.99. The molecule has 1 aliphatic heterocycles. The molecule has 1 aliphatic rings. The Morgan fingerprint density at radius 1 is 1.18 bits per heavy atom. The maximum absolute atomic E-state index is 13.0. The summed E-state index contributed by atoms with van der Waals surface area (Å²) in [7, 11) is -4.26. The monoisotopic (exact) mass is 321 g/mol. The van der Waals surface area contributed by atoms with Crippen molar-refractivity contribution in [3.63, 3.8) is 0 Å². The lowest BCUT2D eigenvalue weighted by Crippen LogP contribution is -2.33. The van der Waals surface area contributed by atoms with Crippen molar-refractivity contribution in [3.05, 3.63) is 48.4 Å². The summed E-state index contributed by atoms with van der Waals surface area (Å²) < 4.78 is 37.5. The molecule has 3 rings (SSSR count). The minimum Gasteiger partial charge on any atom is -0.476 e. The third-order valence-electron chi connectivity index (χ3n) is 2.94. The Balaban J connectivity index is 2.27. The van der Waals surface area contributed by atoms with Crippen molar-refractivity contribution in [3.8, 4) is 0 Å². The predicted molar refractivity (Wildman–Crippen MR) is 75.0 cm³/mol. The van der Waals surface area contributed by atoms with E-state index in [9.17, 15) is 17.6 Å². The first-order valence-corrected chi connectivity index (χ1v) is 7.47. The number of carboxylic acids is 1. The number of hydrogen-bond acceptors (Lipinski definition) is 6. The molecule has 1 aromatic carbocycles. The van der Waals surface area contributed by atoms with Gasteiger partial charge in [-0.15, -0.1) is 5.10 Å². The average Bonchev–Trinajstić information content (AvgIpc) is 2.48. The van der Waals surface area contributed by atoms with E-state index in [1.807, 2.05) is 0 Å². The van der Waals surface area contributed by atoms with Gasteiger partial charge in [0.2, 0.25) is 9.84 Å². The van der Waals surface area contributed by atoms with Crippen molar-refractivity contribution in [2.45, 2.75) is 4.90 Å². The van der Waals surface area contributed by atoms with Gasteiger partial charge in [0.25, 0.3) is 5.04 Å². The molecule has 0 unspecified atom stereocenters. The zero-order chi connectivity index (χ0) is 15.9. The van der Waals surface area contributed by atoms with Crippen molar-refractivity contribution in [1.82, 2.24) is 4.98 Å². The van der Waals surface area contributed by atoms with Crippen molar-refractivity contribution >= 4 is 32.4 Å². The average molecular weight is 321 g/mol. The SMILES string of the molecule is O=C(O)C1=NN(c2ccc(F)cc2)c2ncccc2S1(=O)=O. The predicted octanol–water partition coefficient (Wildman–Crippen LogP) is 1.54. The highest BCUT2D eigenvalue weighted by Gasteiger charge is 2.38. The van der Waals surface area contributed by atoms with Crippen molar-refractivity contribution < 1.29 is 22.7 Å². The molecule has 112 valence electrons. The number of anilines is 2. The second-order valence-corrected chi connectivity index (χ2v) is 6.16. The number of aromatic nitrogens is 1. The Hall–Kier alpha value is -2.81. The van der Waals surface area contributed by atoms with Gasteiger partial charge in [0, 0.05) is 6.20 Å². The van der Waals surface area contributed by atoms with Crippen LogP contribution in [0.25, 0.3) is 0 Å². The van der Waals surface area contributed by atoms with Gasteiger partial charge in [0.1, 0.15) is 10.7 Å². The summed E-state index contributed by atoms with van der Waals surface area (Å²) in [6.45, 7) is 0. The highest BCUT2D eigenvalue weighted by atomic mass is 32.2. The molecule has 0 saturated heterocycles.